The molecule has 1 saturated heterocycles. The molecule has 1 aromatic heterocycles. The summed E-state index contributed by atoms with van der Waals surface area (Å²) in [5, 5.41) is 5.37. The lowest BCUT2D eigenvalue weighted by Crippen LogP contribution is -2.52. The molecular formula is C25H30N4O7S. The molecule has 11 nitrogen and oxygen atoms in total. The van der Waals surface area contributed by atoms with Crippen molar-refractivity contribution in [2.75, 3.05) is 19.9 Å². The highest BCUT2D eigenvalue weighted by atomic mass is 32.2. The Morgan fingerprint density at radius 2 is 1.95 bits per heavy atom. The predicted octanol–water partition coefficient (Wildman–Crippen LogP) is 1.49. The largest absolute Gasteiger partial charge is 0.454 e. The number of amides is 2. The van der Waals surface area contributed by atoms with Gasteiger partial charge in [0.15, 0.2) is 22.3 Å². The van der Waals surface area contributed by atoms with Crippen LogP contribution < -0.4 is 20.1 Å². The minimum Gasteiger partial charge on any atom is -0.454 e. The molecule has 37 heavy (non-hydrogen) atoms. The maximum atomic E-state index is 13.2. The molecule has 0 radical (unpaired) electrons. The van der Waals surface area contributed by atoms with Gasteiger partial charge >= 0.3 is 0 Å². The Bertz CT molecular complexity index is 1270. The molecule has 2 N–H and O–H groups in total. The van der Waals surface area contributed by atoms with Crippen LogP contribution >= 0.6 is 0 Å². The number of nitrogens with one attached hydrogen (secondary N) is 2. The van der Waals surface area contributed by atoms with Crippen LogP contribution in [0.15, 0.2) is 47.6 Å². The molecule has 12 heteroatoms. The minimum atomic E-state index is -3.94. The molecule has 0 unspecified atom stereocenters. The van der Waals surface area contributed by atoms with Crippen LogP contribution in [0.2, 0.25) is 0 Å². The maximum absolute atomic E-state index is 13.2. The number of sulfonamides is 1. The van der Waals surface area contributed by atoms with Gasteiger partial charge in [0.05, 0.1) is 12.6 Å². The standard InChI is InChI=1S/C25H30N4O7S/c1-16(2)12-19(28-24(31)17-8-9-21-22(13-17)36-15-35-21)25(32)27-18-6-5-11-29(14-20(18)30)37(33,34)23-7-3-4-10-26-23/h3-4,7-10,13,16,18-19H,5-6,11-12,14-15H2,1-2H3,(H,27,32)(H,28,31)/t18-,19-/m1/s1. The van der Waals surface area contributed by atoms with E-state index in [1.165, 1.54) is 12.3 Å². The van der Waals surface area contributed by atoms with Crippen LogP contribution in [0.1, 0.15) is 43.5 Å². The molecule has 2 amide bonds. The molecular weight excluding hydrogens is 500 g/mol. The van der Waals surface area contributed by atoms with Crippen molar-refractivity contribution in [3.8, 4) is 11.5 Å². The van der Waals surface area contributed by atoms with Crippen molar-refractivity contribution in [2.45, 2.75) is 50.2 Å². The quantitative estimate of drug-likeness (QED) is 0.523. The molecule has 0 aliphatic carbocycles. The van der Waals surface area contributed by atoms with E-state index in [9.17, 15) is 22.8 Å². The number of ether oxygens (including phenoxy) is 2. The zero-order chi connectivity index (χ0) is 26.6. The van der Waals surface area contributed by atoms with Crippen molar-refractivity contribution in [1.29, 1.82) is 0 Å². The third kappa shape index (κ3) is 6.25. The highest BCUT2D eigenvalue weighted by Crippen LogP contribution is 2.32. The van der Waals surface area contributed by atoms with Gasteiger partial charge in [0, 0.05) is 18.3 Å². The van der Waals surface area contributed by atoms with Gasteiger partial charge in [0.2, 0.25) is 12.7 Å². The van der Waals surface area contributed by atoms with Gasteiger partial charge in [-0.2, -0.15) is 4.31 Å². The summed E-state index contributed by atoms with van der Waals surface area (Å²) >= 11 is 0. The lowest BCUT2D eigenvalue weighted by Gasteiger charge is -2.23. The lowest BCUT2D eigenvalue weighted by molar-refractivity contribution is -0.129. The number of rotatable bonds is 8. The third-order valence-electron chi connectivity index (χ3n) is 6.14. The van der Waals surface area contributed by atoms with Gasteiger partial charge < -0.3 is 20.1 Å². The molecule has 2 aliphatic rings. The summed E-state index contributed by atoms with van der Waals surface area (Å²) in [6, 6.07) is 7.56. The fraction of sp³-hybridized carbons (Fsp3) is 0.440. The summed E-state index contributed by atoms with van der Waals surface area (Å²) < 4.78 is 37.5. The number of nitrogens with zero attached hydrogens (tertiary/aromatic N) is 2. The Morgan fingerprint density at radius 1 is 1.16 bits per heavy atom. The van der Waals surface area contributed by atoms with Crippen LogP contribution in [0, 0.1) is 5.92 Å². The minimum absolute atomic E-state index is 0.0782. The van der Waals surface area contributed by atoms with Gasteiger partial charge in [0.25, 0.3) is 15.9 Å². The van der Waals surface area contributed by atoms with Gasteiger partial charge in [-0.3, -0.25) is 14.4 Å². The van der Waals surface area contributed by atoms with Crippen LogP contribution in [0.3, 0.4) is 0 Å². The number of fused-ring (bicyclic) bond motifs is 1. The van der Waals surface area contributed by atoms with Gasteiger partial charge in [0.1, 0.15) is 6.04 Å². The average molecular weight is 531 g/mol. The van der Waals surface area contributed by atoms with E-state index in [4.69, 9.17) is 9.47 Å². The summed E-state index contributed by atoms with van der Waals surface area (Å²) in [4.78, 5) is 43.0. The second-order valence-corrected chi connectivity index (χ2v) is 11.3. The molecule has 3 heterocycles. The fourth-order valence-corrected chi connectivity index (χ4v) is 5.62. The van der Waals surface area contributed by atoms with Crippen molar-refractivity contribution in [3.63, 3.8) is 0 Å². The number of hydrogen-bond donors (Lipinski definition) is 2. The van der Waals surface area contributed by atoms with E-state index in [0.29, 0.717) is 29.9 Å². The first kappa shape index (κ1) is 26.6. The van der Waals surface area contributed by atoms with Crippen LogP contribution in [-0.2, 0) is 19.6 Å². The highest BCUT2D eigenvalue weighted by Gasteiger charge is 2.35. The number of benzene rings is 1. The lowest BCUT2D eigenvalue weighted by atomic mass is 10.0. The topological polar surface area (TPSA) is 144 Å². The number of ketones is 1. The fourth-order valence-electron chi connectivity index (χ4n) is 4.24. The average Bonchev–Trinajstić information content (AvgIpc) is 3.27. The van der Waals surface area contributed by atoms with Gasteiger partial charge in [-0.1, -0.05) is 19.9 Å². The van der Waals surface area contributed by atoms with E-state index < -0.39 is 39.7 Å². The van der Waals surface area contributed by atoms with Crippen LogP contribution in [-0.4, -0.2) is 67.3 Å². The van der Waals surface area contributed by atoms with Crippen molar-refractivity contribution in [1.82, 2.24) is 19.9 Å². The highest BCUT2D eigenvalue weighted by molar-refractivity contribution is 7.89. The van der Waals surface area contributed by atoms with Crippen LogP contribution in [0.4, 0.5) is 0 Å². The van der Waals surface area contributed by atoms with Crippen LogP contribution in [0.25, 0.3) is 0 Å². The third-order valence-corrected chi connectivity index (χ3v) is 7.90. The predicted molar refractivity (Wildman–Crippen MR) is 132 cm³/mol. The number of hydrogen-bond acceptors (Lipinski definition) is 8. The molecule has 0 spiro atoms. The van der Waals surface area contributed by atoms with Gasteiger partial charge in [-0.15, -0.1) is 0 Å². The Hall–Kier alpha value is -3.51. The van der Waals surface area contributed by atoms with E-state index in [1.807, 2.05) is 13.8 Å². The molecule has 2 aromatic rings. The second-order valence-electron chi connectivity index (χ2n) is 9.40. The molecule has 198 valence electrons. The maximum Gasteiger partial charge on any atom is 0.260 e. The molecule has 0 saturated carbocycles. The first-order chi connectivity index (χ1) is 17.6. The van der Waals surface area contributed by atoms with E-state index >= 15 is 0 Å². The number of carbonyl (C=O) groups is 3. The normalized spacial score (nSPS) is 18.8. The number of carbonyl (C=O) groups excluding carboxylic acids is 3. The summed E-state index contributed by atoms with van der Waals surface area (Å²) in [6.45, 7) is 3.68. The zero-order valence-corrected chi connectivity index (χ0v) is 21.5. The SMILES string of the molecule is CC(C)C[C@@H](NC(=O)c1ccc2c(c1)OCO2)C(=O)N[C@@H]1CCCN(S(=O)(=O)c2ccccn2)CC1=O. The number of Topliss-reactive ketones (excluding diaryl/α,β-unsaturated/α-hetero) is 1. The first-order valence-electron chi connectivity index (χ1n) is 12.1. The van der Waals surface area contributed by atoms with E-state index in [-0.39, 0.29) is 37.2 Å². The Balaban J connectivity index is 1.42. The molecule has 1 aromatic carbocycles. The molecule has 2 aliphatic heterocycles. The number of pyridine rings is 1. The summed E-state index contributed by atoms with van der Waals surface area (Å²) in [7, 11) is -3.94. The Kier molecular flexibility index (Phi) is 8.08. The van der Waals surface area contributed by atoms with E-state index in [2.05, 4.69) is 15.6 Å². The van der Waals surface area contributed by atoms with E-state index in [1.54, 1.807) is 30.3 Å². The Labute approximate surface area is 215 Å². The van der Waals surface area contributed by atoms with Gasteiger partial charge in [-0.25, -0.2) is 13.4 Å². The van der Waals surface area contributed by atoms with Crippen molar-refractivity contribution >= 4 is 27.6 Å². The summed E-state index contributed by atoms with van der Waals surface area (Å²) in [5.41, 5.74) is 0.312. The van der Waals surface area contributed by atoms with Gasteiger partial charge in [-0.05, 0) is 55.5 Å². The second kappa shape index (κ2) is 11.3. The summed E-state index contributed by atoms with van der Waals surface area (Å²) in [5.74, 6) is -0.306. The van der Waals surface area contributed by atoms with Crippen molar-refractivity contribution < 1.29 is 32.3 Å². The Morgan fingerprint density at radius 3 is 2.68 bits per heavy atom. The van der Waals surface area contributed by atoms with Crippen molar-refractivity contribution in [2.24, 2.45) is 5.92 Å². The first-order valence-corrected chi connectivity index (χ1v) is 13.5. The monoisotopic (exact) mass is 530 g/mol. The summed E-state index contributed by atoms with van der Waals surface area (Å²) in [6.07, 6.45) is 2.38. The smallest absolute Gasteiger partial charge is 0.260 e. The molecule has 0 bridgehead atoms. The van der Waals surface area contributed by atoms with Crippen LogP contribution in [0.5, 0.6) is 11.5 Å². The molecule has 1 fully saturated rings. The van der Waals surface area contributed by atoms with Crippen molar-refractivity contribution in [3.05, 3.63) is 48.2 Å². The zero-order valence-electron chi connectivity index (χ0n) is 20.7. The molecule has 2 atom stereocenters. The molecule has 4 rings (SSSR count). The van der Waals surface area contributed by atoms with E-state index in [0.717, 1.165) is 4.31 Å². The number of aromatic nitrogens is 1.